The van der Waals surface area contributed by atoms with Gasteiger partial charge in [0.05, 0.1) is 11.1 Å². The predicted octanol–water partition coefficient (Wildman–Crippen LogP) is 2.89. The Morgan fingerprint density at radius 2 is 1.72 bits per heavy atom. The summed E-state index contributed by atoms with van der Waals surface area (Å²) in [5.41, 5.74) is 0.0990. The van der Waals surface area contributed by atoms with Crippen molar-refractivity contribution in [3.63, 3.8) is 0 Å². The lowest BCUT2D eigenvalue weighted by Gasteiger charge is -1.99. The minimum Gasteiger partial charge on any atom is -0.478 e. The van der Waals surface area contributed by atoms with Gasteiger partial charge in [-0.25, -0.2) is 9.59 Å². The fraction of sp³-hybridized carbons (Fsp3) is 0.333. The third-order valence-electron chi connectivity index (χ3n) is 1.85. The van der Waals surface area contributed by atoms with E-state index in [0.29, 0.717) is 0 Å². The van der Waals surface area contributed by atoms with Crippen molar-refractivity contribution in [2.75, 3.05) is 13.2 Å². The highest BCUT2D eigenvalue weighted by atomic mass is 79.9. The number of hydrogen-bond donors (Lipinski definition) is 2. The number of benzene rings is 1. The Labute approximate surface area is 114 Å². The molecular weight excluding hydrogens is 304 g/mol. The average molecular weight is 319 g/mol. The molecule has 1 aromatic carbocycles. The van der Waals surface area contributed by atoms with E-state index in [1.54, 1.807) is 0 Å². The van der Waals surface area contributed by atoms with Gasteiger partial charge >= 0.3 is 11.9 Å². The number of rotatable bonds is 4. The van der Waals surface area contributed by atoms with E-state index in [2.05, 4.69) is 15.9 Å². The zero-order valence-electron chi connectivity index (χ0n) is 10.1. The van der Waals surface area contributed by atoms with E-state index in [9.17, 15) is 9.59 Å². The van der Waals surface area contributed by atoms with Gasteiger partial charge in [-0.1, -0.05) is 0 Å². The van der Waals surface area contributed by atoms with Crippen molar-refractivity contribution in [1.29, 1.82) is 0 Å². The Morgan fingerprint density at radius 3 is 2.00 bits per heavy atom. The van der Waals surface area contributed by atoms with Crippen molar-refractivity contribution in [3.8, 4) is 0 Å². The smallest absolute Gasteiger partial charge is 0.336 e. The van der Waals surface area contributed by atoms with E-state index < -0.39 is 11.9 Å². The Morgan fingerprint density at radius 1 is 1.17 bits per heavy atom. The summed E-state index contributed by atoms with van der Waals surface area (Å²) in [5.74, 6) is -2.18. The molecule has 0 radical (unpaired) electrons. The SMILES string of the molecule is CCOCC.O=C(O)c1ccc(C(=O)O)c(Br)c1. The minimum absolute atomic E-state index is 0.0463. The number of aromatic carboxylic acids is 2. The number of halogens is 1. The summed E-state index contributed by atoms with van der Waals surface area (Å²) >= 11 is 2.97. The van der Waals surface area contributed by atoms with Crippen LogP contribution in [0.15, 0.2) is 22.7 Å². The Balaban J connectivity index is 0.000000494. The van der Waals surface area contributed by atoms with Gasteiger partial charge in [-0.2, -0.15) is 0 Å². The molecule has 0 aliphatic heterocycles. The molecule has 1 aromatic rings. The third kappa shape index (κ3) is 5.79. The molecule has 0 aliphatic rings. The van der Waals surface area contributed by atoms with Crippen LogP contribution in [0, 0.1) is 0 Å². The molecule has 100 valence electrons. The molecule has 0 aromatic heterocycles. The molecular formula is C12H15BrO5. The second-order valence-electron chi connectivity index (χ2n) is 3.09. The normalized spacial score (nSPS) is 9.28. The zero-order valence-corrected chi connectivity index (χ0v) is 11.7. The van der Waals surface area contributed by atoms with Gasteiger partial charge in [0.15, 0.2) is 0 Å². The van der Waals surface area contributed by atoms with Crippen LogP contribution in [0.4, 0.5) is 0 Å². The van der Waals surface area contributed by atoms with E-state index in [1.165, 1.54) is 18.2 Å². The van der Waals surface area contributed by atoms with Gasteiger partial charge in [0.1, 0.15) is 0 Å². The van der Waals surface area contributed by atoms with Crippen LogP contribution in [0.25, 0.3) is 0 Å². The number of carbonyl (C=O) groups is 2. The van der Waals surface area contributed by atoms with Gasteiger partial charge in [0.25, 0.3) is 0 Å². The second kappa shape index (κ2) is 8.66. The van der Waals surface area contributed by atoms with Crippen molar-refractivity contribution in [2.45, 2.75) is 13.8 Å². The second-order valence-corrected chi connectivity index (χ2v) is 3.94. The van der Waals surface area contributed by atoms with E-state index in [4.69, 9.17) is 14.9 Å². The van der Waals surface area contributed by atoms with Crippen LogP contribution >= 0.6 is 15.9 Å². The molecule has 0 saturated carbocycles. The first-order chi connectivity index (χ1) is 8.43. The number of carboxylic acid groups (broad SMARTS) is 2. The monoisotopic (exact) mass is 318 g/mol. The number of carboxylic acids is 2. The molecule has 6 heteroatoms. The largest absolute Gasteiger partial charge is 0.478 e. The molecule has 0 amide bonds. The molecule has 0 fully saturated rings. The molecule has 1 rings (SSSR count). The van der Waals surface area contributed by atoms with Crippen LogP contribution in [0.2, 0.25) is 0 Å². The molecule has 5 nitrogen and oxygen atoms in total. The van der Waals surface area contributed by atoms with E-state index in [1.807, 2.05) is 13.8 Å². The molecule has 0 aliphatic carbocycles. The molecule has 18 heavy (non-hydrogen) atoms. The van der Waals surface area contributed by atoms with Crippen molar-refractivity contribution in [3.05, 3.63) is 33.8 Å². The van der Waals surface area contributed by atoms with Crippen LogP contribution in [0.3, 0.4) is 0 Å². The van der Waals surface area contributed by atoms with Gasteiger partial charge in [0, 0.05) is 17.7 Å². The molecule has 0 saturated heterocycles. The number of ether oxygens (including phenoxy) is 1. The van der Waals surface area contributed by atoms with Gasteiger partial charge in [-0.05, 0) is 48.0 Å². The van der Waals surface area contributed by atoms with Crippen molar-refractivity contribution in [2.24, 2.45) is 0 Å². The lowest BCUT2D eigenvalue weighted by atomic mass is 10.1. The zero-order chi connectivity index (χ0) is 14.1. The van der Waals surface area contributed by atoms with Gasteiger partial charge in [-0.15, -0.1) is 0 Å². The molecule has 0 atom stereocenters. The first kappa shape index (κ1) is 16.6. The van der Waals surface area contributed by atoms with Crippen molar-refractivity contribution >= 4 is 27.9 Å². The molecule has 2 N–H and O–H groups in total. The minimum atomic E-state index is -1.09. The van der Waals surface area contributed by atoms with Gasteiger partial charge < -0.3 is 14.9 Å². The predicted molar refractivity (Wildman–Crippen MR) is 70.2 cm³/mol. The fourth-order valence-corrected chi connectivity index (χ4v) is 1.57. The first-order valence-electron chi connectivity index (χ1n) is 5.27. The molecule has 0 unspecified atom stereocenters. The summed E-state index contributed by atoms with van der Waals surface area (Å²) in [5, 5.41) is 17.2. The van der Waals surface area contributed by atoms with E-state index >= 15 is 0 Å². The van der Waals surface area contributed by atoms with Crippen molar-refractivity contribution < 1.29 is 24.5 Å². The Bertz CT molecular complexity index is 415. The standard InChI is InChI=1S/C8H5BrO4.C4H10O/c9-6-3-4(7(10)11)1-2-5(6)8(12)13;1-3-5-4-2/h1-3H,(H,10,11)(H,12,13);3-4H2,1-2H3. The van der Waals surface area contributed by atoms with Gasteiger partial charge in [0.2, 0.25) is 0 Å². The van der Waals surface area contributed by atoms with Crippen LogP contribution < -0.4 is 0 Å². The highest BCUT2D eigenvalue weighted by Crippen LogP contribution is 2.18. The quantitative estimate of drug-likeness (QED) is 0.891. The summed E-state index contributed by atoms with van der Waals surface area (Å²) in [7, 11) is 0. The first-order valence-corrected chi connectivity index (χ1v) is 6.07. The summed E-state index contributed by atoms with van der Waals surface area (Å²) in [6, 6.07) is 3.75. The summed E-state index contributed by atoms with van der Waals surface area (Å²) in [6.07, 6.45) is 0. The fourth-order valence-electron chi connectivity index (χ4n) is 1.03. The molecule has 0 heterocycles. The number of hydrogen-bond acceptors (Lipinski definition) is 3. The van der Waals surface area contributed by atoms with Crippen LogP contribution in [0.1, 0.15) is 34.6 Å². The average Bonchev–Trinajstić information content (AvgIpc) is 2.30. The van der Waals surface area contributed by atoms with Gasteiger partial charge in [-0.3, -0.25) is 0 Å². The summed E-state index contributed by atoms with van der Waals surface area (Å²) in [6.45, 7) is 5.67. The van der Waals surface area contributed by atoms with E-state index in [-0.39, 0.29) is 15.6 Å². The molecule has 0 bridgehead atoms. The topological polar surface area (TPSA) is 83.8 Å². The maximum atomic E-state index is 10.5. The highest BCUT2D eigenvalue weighted by molar-refractivity contribution is 9.10. The van der Waals surface area contributed by atoms with E-state index in [0.717, 1.165) is 13.2 Å². The maximum Gasteiger partial charge on any atom is 0.336 e. The van der Waals surface area contributed by atoms with Crippen LogP contribution in [0.5, 0.6) is 0 Å². The third-order valence-corrected chi connectivity index (χ3v) is 2.51. The Hall–Kier alpha value is -1.40. The Kier molecular flexibility index (Phi) is 7.98. The van der Waals surface area contributed by atoms with Crippen molar-refractivity contribution in [1.82, 2.24) is 0 Å². The van der Waals surface area contributed by atoms with Crippen LogP contribution in [-0.4, -0.2) is 35.4 Å². The maximum absolute atomic E-state index is 10.5. The summed E-state index contributed by atoms with van der Waals surface area (Å²) in [4.78, 5) is 21.0. The lowest BCUT2D eigenvalue weighted by molar-refractivity contribution is 0.0680. The highest BCUT2D eigenvalue weighted by Gasteiger charge is 2.10. The molecule has 0 spiro atoms. The summed E-state index contributed by atoms with van der Waals surface area (Å²) < 4.78 is 5.10. The lowest BCUT2D eigenvalue weighted by Crippen LogP contribution is -2.01. The van der Waals surface area contributed by atoms with Crippen LogP contribution in [-0.2, 0) is 4.74 Å².